The number of hydrogen-bond donors (Lipinski definition) is 1. The molecule has 164 valence electrons. The second-order valence-electron chi connectivity index (χ2n) is 8.44. The van der Waals surface area contributed by atoms with Crippen LogP contribution < -0.4 is 5.32 Å². The lowest BCUT2D eigenvalue weighted by atomic mass is 10.0. The van der Waals surface area contributed by atoms with E-state index in [-0.39, 0.29) is 11.5 Å². The number of piperidine rings is 1. The molecule has 4 rings (SSSR count). The summed E-state index contributed by atoms with van der Waals surface area (Å²) >= 11 is 0. The number of sulfone groups is 1. The van der Waals surface area contributed by atoms with Gasteiger partial charge in [0, 0.05) is 35.5 Å². The molecule has 1 atom stereocenters. The number of hydrogen-bond acceptors (Lipinski definition) is 5. The normalized spacial score (nSPS) is 17.7. The fraction of sp³-hybridized carbons (Fsp3) is 0.375. The maximum Gasteiger partial charge on any atom is 0.291 e. The van der Waals surface area contributed by atoms with E-state index in [2.05, 4.69) is 17.1 Å². The van der Waals surface area contributed by atoms with Crippen LogP contribution in [0.3, 0.4) is 0 Å². The van der Waals surface area contributed by atoms with Gasteiger partial charge in [-0.15, -0.1) is 0 Å². The highest BCUT2D eigenvalue weighted by molar-refractivity contribution is 7.89. The number of furan rings is 1. The highest BCUT2D eigenvalue weighted by atomic mass is 32.2. The minimum Gasteiger partial charge on any atom is -0.451 e. The second kappa shape index (κ2) is 8.85. The zero-order valence-corrected chi connectivity index (χ0v) is 18.7. The van der Waals surface area contributed by atoms with Gasteiger partial charge >= 0.3 is 0 Å². The van der Waals surface area contributed by atoms with E-state index in [0.29, 0.717) is 28.3 Å². The van der Waals surface area contributed by atoms with Gasteiger partial charge in [0.05, 0.1) is 5.75 Å². The molecule has 1 N–H and O–H groups in total. The Kier molecular flexibility index (Phi) is 6.16. The Balaban J connectivity index is 1.52. The predicted octanol–water partition coefficient (Wildman–Crippen LogP) is 4.60. The molecule has 0 radical (unpaired) electrons. The topological polar surface area (TPSA) is 79.6 Å². The fourth-order valence-electron chi connectivity index (χ4n) is 4.20. The van der Waals surface area contributed by atoms with Crippen molar-refractivity contribution in [3.8, 4) is 0 Å². The van der Waals surface area contributed by atoms with Crippen molar-refractivity contribution >= 4 is 32.4 Å². The van der Waals surface area contributed by atoms with Crippen molar-refractivity contribution in [1.82, 2.24) is 4.90 Å². The third kappa shape index (κ3) is 5.17. The summed E-state index contributed by atoms with van der Waals surface area (Å²) in [6.45, 7) is 4.29. The first-order chi connectivity index (χ1) is 14.8. The van der Waals surface area contributed by atoms with Gasteiger partial charge in [0.1, 0.15) is 5.58 Å². The zero-order chi connectivity index (χ0) is 22.0. The van der Waals surface area contributed by atoms with E-state index in [9.17, 15) is 13.2 Å². The SMILES string of the molecule is CC1CCCCN1Cc1ccc(NC(=O)c2oc3ccccc3c2CS(C)(=O)=O)cc1. The molecule has 3 aromatic rings. The van der Waals surface area contributed by atoms with Gasteiger partial charge in [0.15, 0.2) is 15.6 Å². The lowest BCUT2D eigenvalue weighted by Crippen LogP contribution is -2.36. The molecule has 1 unspecified atom stereocenters. The van der Waals surface area contributed by atoms with Crippen LogP contribution >= 0.6 is 0 Å². The summed E-state index contributed by atoms with van der Waals surface area (Å²) in [5.41, 5.74) is 2.74. The van der Waals surface area contributed by atoms with Gasteiger partial charge in [-0.2, -0.15) is 0 Å². The van der Waals surface area contributed by atoms with Crippen molar-refractivity contribution in [1.29, 1.82) is 0 Å². The number of para-hydroxylation sites is 1. The van der Waals surface area contributed by atoms with Crippen LogP contribution in [-0.2, 0) is 22.1 Å². The Labute approximate surface area is 183 Å². The van der Waals surface area contributed by atoms with Crippen LogP contribution in [0.4, 0.5) is 5.69 Å². The van der Waals surface area contributed by atoms with Crippen LogP contribution in [0.15, 0.2) is 52.9 Å². The van der Waals surface area contributed by atoms with Crippen molar-refractivity contribution < 1.29 is 17.6 Å². The van der Waals surface area contributed by atoms with Crippen LogP contribution in [0.5, 0.6) is 0 Å². The van der Waals surface area contributed by atoms with Crippen molar-refractivity contribution in [3.05, 3.63) is 65.4 Å². The van der Waals surface area contributed by atoms with E-state index in [4.69, 9.17) is 4.42 Å². The van der Waals surface area contributed by atoms with Crippen molar-refractivity contribution in [2.24, 2.45) is 0 Å². The average Bonchev–Trinajstić information content (AvgIpc) is 3.08. The number of amides is 1. The number of likely N-dealkylation sites (tertiary alicyclic amines) is 1. The van der Waals surface area contributed by atoms with Gasteiger partial charge in [-0.1, -0.05) is 36.8 Å². The molecule has 7 heteroatoms. The summed E-state index contributed by atoms with van der Waals surface area (Å²) in [5.74, 6) is -0.662. The molecule has 6 nitrogen and oxygen atoms in total. The van der Waals surface area contributed by atoms with Gasteiger partial charge in [0.25, 0.3) is 5.91 Å². The Morgan fingerprint density at radius 2 is 1.87 bits per heavy atom. The number of benzene rings is 2. The van der Waals surface area contributed by atoms with Crippen LogP contribution in [0, 0.1) is 0 Å². The number of nitrogens with zero attached hydrogens (tertiary/aromatic N) is 1. The molecule has 1 aromatic heterocycles. The first kappa shape index (κ1) is 21.6. The number of nitrogens with one attached hydrogen (secondary N) is 1. The molecule has 1 saturated heterocycles. The van der Waals surface area contributed by atoms with Crippen LogP contribution in [0.2, 0.25) is 0 Å². The minimum atomic E-state index is -3.34. The number of rotatable bonds is 6. The smallest absolute Gasteiger partial charge is 0.291 e. The lowest BCUT2D eigenvalue weighted by molar-refractivity contribution is 0.0998. The number of carbonyl (C=O) groups excluding carboxylic acids is 1. The summed E-state index contributed by atoms with van der Waals surface area (Å²) in [4.78, 5) is 15.4. The molecule has 0 saturated carbocycles. The molecular weight excluding hydrogens is 412 g/mol. The minimum absolute atomic E-state index is 0.0397. The van der Waals surface area contributed by atoms with E-state index in [1.807, 2.05) is 24.3 Å². The Bertz CT molecular complexity index is 1180. The van der Waals surface area contributed by atoms with Crippen molar-refractivity contribution in [2.45, 2.75) is 44.5 Å². The molecule has 0 spiro atoms. The largest absolute Gasteiger partial charge is 0.451 e. The van der Waals surface area contributed by atoms with Crippen molar-refractivity contribution in [2.75, 3.05) is 18.1 Å². The van der Waals surface area contributed by atoms with Gasteiger partial charge in [0.2, 0.25) is 0 Å². The van der Waals surface area contributed by atoms with Gasteiger partial charge in [-0.05, 0) is 50.1 Å². The molecule has 2 heterocycles. The van der Waals surface area contributed by atoms with Crippen LogP contribution in [0.25, 0.3) is 11.0 Å². The Morgan fingerprint density at radius 1 is 1.13 bits per heavy atom. The lowest BCUT2D eigenvalue weighted by Gasteiger charge is -2.33. The number of carbonyl (C=O) groups is 1. The van der Waals surface area contributed by atoms with Crippen LogP contribution in [-0.4, -0.2) is 38.1 Å². The van der Waals surface area contributed by atoms with Crippen LogP contribution in [0.1, 0.15) is 47.9 Å². The highest BCUT2D eigenvalue weighted by Crippen LogP contribution is 2.28. The summed E-state index contributed by atoms with van der Waals surface area (Å²) < 4.78 is 29.6. The first-order valence-corrected chi connectivity index (χ1v) is 12.7. The number of fused-ring (bicyclic) bond motifs is 1. The number of anilines is 1. The molecule has 31 heavy (non-hydrogen) atoms. The molecule has 0 bridgehead atoms. The quantitative estimate of drug-likeness (QED) is 0.606. The summed E-state index contributed by atoms with van der Waals surface area (Å²) in [7, 11) is -3.34. The fourth-order valence-corrected chi connectivity index (χ4v) is 5.01. The Morgan fingerprint density at radius 3 is 2.58 bits per heavy atom. The molecule has 1 amide bonds. The van der Waals surface area contributed by atoms with Crippen molar-refractivity contribution in [3.63, 3.8) is 0 Å². The molecular formula is C24H28N2O4S. The van der Waals surface area contributed by atoms with E-state index in [1.54, 1.807) is 24.3 Å². The van der Waals surface area contributed by atoms with Gasteiger partial charge in [-0.25, -0.2) is 8.42 Å². The summed E-state index contributed by atoms with van der Waals surface area (Å²) in [6.07, 6.45) is 4.93. The molecule has 1 aliphatic heterocycles. The van der Waals surface area contributed by atoms with E-state index >= 15 is 0 Å². The Hall–Kier alpha value is -2.64. The molecule has 0 aliphatic carbocycles. The zero-order valence-electron chi connectivity index (χ0n) is 17.9. The highest BCUT2D eigenvalue weighted by Gasteiger charge is 2.23. The van der Waals surface area contributed by atoms with Gasteiger partial charge in [-0.3, -0.25) is 9.69 Å². The standard InChI is InChI=1S/C24H28N2O4S/c1-17-7-5-6-14-26(17)15-18-10-12-19(13-11-18)25-24(27)23-21(16-31(2,28)29)20-8-3-4-9-22(20)30-23/h3-4,8-13,17H,5-7,14-16H2,1-2H3,(H,25,27). The summed E-state index contributed by atoms with van der Waals surface area (Å²) in [5, 5.41) is 3.49. The maximum absolute atomic E-state index is 12.9. The van der Waals surface area contributed by atoms with E-state index in [1.165, 1.54) is 24.8 Å². The van der Waals surface area contributed by atoms with E-state index in [0.717, 1.165) is 19.3 Å². The van der Waals surface area contributed by atoms with Gasteiger partial charge < -0.3 is 9.73 Å². The average molecular weight is 441 g/mol. The van der Waals surface area contributed by atoms with E-state index < -0.39 is 15.7 Å². The molecule has 2 aromatic carbocycles. The third-order valence-corrected chi connectivity index (χ3v) is 6.66. The third-order valence-electron chi connectivity index (χ3n) is 5.85. The monoisotopic (exact) mass is 440 g/mol. The predicted molar refractivity (Wildman–Crippen MR) is 123 cm³/mol. The molecule has 1 aliphatic rings. The first-order valence-electron chi connectivity index (χ1n) is 10.6. The maximum atomic E-state index is 12.9. The molecule has 1 fully saturated rings. The summed E-state index contributed by atoms with van der Waals surface area (Å²) in [6, 6.07) is 15.5. The second-order valence-corrected chi connectivity index (χ2v) is 10.6.